The third kappa shape index (κ3) is 4.52. The van der Waals surface area contributed by atoms with Crippen LogP contribution in [-0.4, -0.2) is 35.8 Å². The van der Waals surface area contributed by atoms with Crippen molar-refractivity contribution in [1.82, 2.24) is 10.2 Å². The number of hydrogen-bond acceptors (Lipinski definition) is 2. The molecule has 0 spiro atoms. The quantitative estimate of drug-likeness (QED) is 0.780. The van der Waals surface area contributed by atoms with Crippen molar-refractivity contribution in [1.29, 1.82) is 0 Å². The summed E-state index contributed by atoms with van der Waals surface area (Å²) in [4.78, 5) is 26.9. The van der Waals surface area contributed by atoms with Gasteiger partial charge in [0, 0.05) is 31.5 Å². The molecule has 3 rings (SSSR count). The molecule has 0 radical (unpaired) electrons. The van der Waals surface area contributed by atoms with Gasteiger partial charge < -0.3 is 10.2 Å². The SMILES string of the molecule is O=C(NCCCC(=O)N1CCCC2CCCCC21)C1CCCCC1. The Bertz CT molecular complexity index is 429. The Balaban J connectivity index is 1.36. The lowest BCUT2D eigenvalue weighted by atomic mass is 9.78. The number of fused-ring (bicyclic) bond motifs is 1. The summed E-state index contributed by atoms with van der Waals surface area (Å²) in [5.74, 6) is 1.51. The Morgan fingerprint density at radius 2 is 1.58 bits per heavy atom. The van der Waals surface area contributed by atoms with E-state index < -0.39 is 0 Å². The van der Waals surface area contributed by atoms with E-state index in [0.717, 1.165) is 31.7 Å². The number of rotatable bonds is 5. The summed E-state index contributed by atoms with van der Waals surface area (Å²) in [6.45, 7) is 1.61. The summed E-state index contributed by atoms with van der Waals surface area (Å²) in [7, 11) is 0. The molecule has 2 atom stereocenters. The molecule has 4 nitrogen and oxygen atoms in total. The molecule has 0 aromatic heterocycles. The van der Waals surface area contributed by atoms with Gasteiger partial charge in [0.2, 0.25) is 11.8 Å². The fourth-order valence-electron chi connectivity index (χ4n) is 5.04. The second-order valence-corrected chi connectivity index (χ2v) is 8.07. The molecule has 1 heterocycles. The smallest absolute Gasteiger partial charge is 0.223 e. The number of nitrogens with one attached hydrogen (secondary N) is 1. The average molecular weight is 335 g/mol. The predicted molar refractivity (Wildman–Crippen MR) is 95.5 cm³/mol. The molecule has 0 aromatic rings. The molecule has 2 aliphatic carbocycles. The molecule has 24 heavy (non-hydrogen) atoms. The van der Waals surface area contributed by atoms with E-state index in [-0.39, 0.29) is 11.8 Å². The van der Waals surface area contributed by atoms with Crippen molar-refractivity contribution in [3.63, 3.8) is 0 Å². The molecule has 2 unspecified atom stereocenters. The minimum Gasteiger partial charge on any atom is -0.356 e. The monoisotopic (exact) mass is 334 g/mol. The second kappa shape index (κ2) is 8.87. The summed E-state index contributed by atoms with van der Waals surface area (Å²) in [6.07, 6.45) is 14.7. The average Bonchev–Trinajstić information content (AvgIpc) is 2.65. The molecular weight excluding hydrogens is 300 g/mol. The first-order valence-corrected chi connectivity index (χ1v) is 10.3. The molecule has 4 heteroatoms. The van der Waals surface area contributed by atoms with Crippen LogP contribution in [0.1, 0.15) is 83.5 Å². The maximum atomic E-state index is 12.6. The van der Waals surface area contributed by atoms with Crippen molar-refractivity contribution in [2.24, 2.45) is 11.8 Å². The third-order valence-corrected chi connectivity index (χ3v) is 6.41. The lowest BCUT2D eigenvalue weighted by Gasteiger charge is -2.44. The van der Waals surface area contributed by atoms with E-state index in [1.54, 1.807) is 0 Å². The summed E-state index contributed by atoms with van der Waals surface area (Å²) >= 11 is 0. The van der Waals surface area contributed by atoms with Crippen molar-refractivity contribution < 1.29 is 9.59 Å². The largest absolute Gasteiger partial charge is 0.356 e. The normalized spacial score (nSPS) is 28.2. The van der Waals surface area contributed by atoms with Crippen LogP contribution in [0.15, 0.2) is 0 Å². The molecule has 1 saturated heterocycles. The molecule has 136 valence electrons. The Kier molecular flexibility index (Phi) is 6.56. The van der Waals surface area contributed by atoms with Crippen LogP contribution in [0, 0.1) is 11.8 Å². The fraction of sp³-hybridized carbons (Fsp3) is 0.900. The van der Waals surface area contributed by atoms with Crippen molar-refractivity contribution in [2.45, 2.75) is 89.5 Å². The van der Waals surface area contributed by atoms with Crippen LogP contribution in [0.5, 0.6) is 0 Å². The summed E-state index contributed by atoms with van der Waals surface area (Å²) in [5.41, 5.74) is 0. The van der Waals surface area contributed by atoms with Gasteiger partial charge in [0.1, 0.15) is 0 Å². The van der Waals surface area contributed by atoms with E-state index in [4.69, 9.17) is 0 Å². The van der Waals surface area contributed by atoms with Crippen LogP contribution < -0.4 is 5.32 Å². The van der Waals surface area contributed by atoms with Gasteiger partial charge in [0.25, 0.3) is 0 Å². The lowest BCUT2D eigenvalue weighted by Crippen LogP contribution is -2.49. The van der Waals surface area contributed by atoms with E-state index in [2.05, 4.69) is 10.2 Å². The number of hydrogen-bond donors (Lipinski definition) is 1. The van der Waals surface area contributed by atoms with Gasteiger partial charge in [-0.1, -0.05) is 32.1 Å². The second-order valence-electron chi connectivity index (χ2n) is 8.07. The van der Waals surface area contributed by atoms with E-state index in [1.165, 1.54) is 57.8 Å². The van der Waals surface area contributed by atoms with Crippen LogP contribution in [-0.2, 0) is 9.59 Å². The summed E-state index contributed by atoms with van der Waals surface area (Å²) in [6, 6.07) is 0.511. The number of likely N-dealkylation sites (tertiary alicyclic amines) is 1. The topological polar surface area (TPSA) is 49.4 Å². The standard InChI is InChI=1S/C20H34N2O2/c23-19(22-15-7-11-16-8-4-5-12-18(16)22)13-6-14-21-20(24)17-9-2-1-3-10-17/h16-18H,1-15H2,(H,21,24). The van der Waals surface area contributed by atoms with E-state index in [9.17, 15) is 9.59 Å². The highest BCUT2D eigenvalue weighted by Crippen LogP contribution is 2.35. The third-order valence-electron chi connectivity index (χ3n) is 6.41. The van der Waals surface area contributed by atoms with Gasteiger partial charge >= 0.3 is 0 Å². The zero-order chi connectivity index (χ0) is 16.8. The molecule has 3 aliphatic rings. The van der Waals surface area contributed by atoms with Gasteiger partial charge in [0.05, 0.1) is 0 Å². The number of nitrogens with zero attached hydrogens (tertiary/aromatic N) is 1. The molecule has 2 saturated carbocycles. The molecule has 1 aliphatic heterocycles. The Hall–Kier alpha value is -1.06. The maximum absolute atomic E-state index is 12.6. The minimum atomic E-state index is 0.215. The van der Waals surface area contributed by atoms with Crippen LogP contribution in [0.4, 0.5) is 0 Å². The zero-order valence-electron chi connectivity index (χ0n) is 15.1. The maximum Gasteiger partial charge on any atom is 0.223 e. The van der Waals surface area contributed by atoms with Gasteiger partial charge in [-0.2, -0.15) is 0 Å². The first-order valence-electron chi connectivity index (χ1n) is 10.3. The van der Waals surface area contributed by atoms with Gasteiger partial charge in [-0.25, -0.2) is 0 Å². The predicted octanol–water partition coefficient (Wildman–Crippen LogP) is 3.64. The van der Waals surface area contributed by atoms with Gasteiger partial charge in [0.15, 0.2) is 0 Å². The summed E-state index contributed by atoms with van der Waals surface area (Å²) in [5, 5.41) is 3.06. The first-order chi connectivity index (χ1) is 11.8. The number of amides is 2. The molecule has 2 amide bonds. The van der Waals surface area contributed by atoms with E-state index >= 15 is 0 Å². The van der Waals surface area contributed by atoms with E-state index in [1.807, 2.05) is 0 Å². The Morgan fingerprint density at radius 1 is 0.875 bits per heavy atom. The van der Waals surface area contributed by atoms with Crippen LogP contribution in [0.25, 0.3) is 0 Å². The van der Waals surface area contributed by atoms with Crippen molar-refractivity contribution in [3.8, 4) is 0 Å². The highest BCUT2D eigenvalue weighted by atomic mass is 16.2. The van der Waals surface area contributed by atoms with Crippen molar-refractivity contribution in [3.05, 3.63) is 0 Å². The Morgan fingerprint density at radius 3 is 2.42 bits per heavy atom. The summed E-state index contributed by atoms with van der Waals surface area (Å²) < 4.78 is 0. The van der Waals surface area contributed by atoms with Crippen LogP contribution >= 0.6 is 0 Å². The van der Waals surface area contributed by atoms with Crippen molar-refractivity contribution >= 4 is 11.8 Å². The zero-order valence-corrected chi connectivity index (χ0v) is 15.1. The number of carbonyl (C=O) groups is 2. The van der Waals surface area contributed by atoms with E-state index in [0.29, 0.717) is 24.9 Å². The Labute approximate surface area is 146 Å². The highest BCUT2D eigenvalue weighted by Gasteiger charge is 2.35. The van der Waals surface area contributed by atoms with Crippen LogP contribution in [0.2, 0.25) is 0 Å². The van der Waals surface area contributed by atoms with Crippen LogP contribution in [0.3, 0.4) is 0 Å². The minimum absolute atomic E-state index is 0.215. The highest BCUT2D eigenvalue weighted by molar-refractivity contribution is 5.79. The molecule has 0 bridgehead atoms. The van der Waals surface area contributed by atoms with Gasteiger partial charge in [-0.3, -0.25) is 9.59 Å². The molecule has 3 fully saturated rings. The molecular formula is C20H34N2O2. The molecule has 0 aromatic carbocycles. The first kappa shape index (κ1) is 17.8. The lowest BCUT2D eigenvalue weighted by molar-refractivity contribution is -0.137. The van der Waals surface area contributed by atoms with Gasteiger partial charge in [-0.15, -0.1) is 0 Å². The number of carbonyl (C=O) groups excluding carboxylic acids is 2. The van der Waals surface area contributed by atoms with Gasteiger partial charge in [-0.05, 0) is 50.9 Å². The fourth-order valence-corrected chi connectivity index (χ4v) is 5.04. The number of piperidine rings is 1. The molecule has 1 N–H and O–H groups in total. The van der Waals surface area contributed by atoms with Crippen molar-refractivity contribution in [2.75, 3.05) is 13.1 Å².